The van der Waals surface area contributed by atoms with Crippen LogP contribution >= 0.6 is 0 Å². The van der Waals surface area contributed by atoms with Crippen LogP contribution in [0.1, 0.15) is 0 Å². The second kappa shape index (κ2) is 3.84. The van der Waals surface area contributed by atoms with Crippen LogP contribution in [0, 0.1) is 22.7 Å². The monoisotopic (exact) mass is 225 g/mol. The fraction of sp³-hybridized carbons (Fsp3) is 0. The highest BCUT2D eigenvalue weighted by Gasteiger charge is 2.17. The van der Waals surface area contributed by atoms with E-state index in [2.05, 4.69) is 0 Å². The Morgan fingerprint density at radius 2 is 1.69 bits per heavy atom. The Hall–Kier alpha value is -2.04. The van der Waals surface area contributed by atoms with Crippen molar-refractivity contribution in [1.82, 2.24) is 0 Å². The SMILES string of the molecule is [O-][n+]1cccc(-c2c(F)ccc(F)c2F)c1. The van der Waals surface area contributed by atoms with Crippen LogP contribution in [0.15, 0.2) is 36.7 Å². The number of halogens is 3. The van der Waals surface area contributed by atoms with Gasteiger partial charge in [-0.05, 0) is 18.2 Å². The highest BCUT2D eigenvalue weighted by molar-refractivity contribution is 5.63. The first-order chi connectivity index (χ1) is 7.59. The number of benzene rings is 1. The number of hydrogen-bond donors (Lipinski definition) is 0. The molecule has 0 saturated heterocycles. The molecule has 16 heavy (non-hydrogen) atoms. The normalized spacial score (nSPS) is 10.4. The van der Waals surface area contributed by atoms with Gasteiger partial charge in [-0.3, -0.25) is 0 Å². The summed E-state index contributed by atoms with van der Waals surface area (Å²) >= 11 is 0. The lowest BCUT2D eigenvalue weighted by Crippen LogP contribution is -2.24. The average Bonchev–Trinajstić information content (AvgIpc) is 2.24. The molecule has 2 rings (SSSR count). The Kier molecular flexibility index (Phi) is 2.52. The molecule has 0 aliphatic heterocycles. The van der Waals surface area contributed by atoms with Gasteiger partial charge in [0.05, 0.1) is 11.1 Å². The van der Waals surface area contributed by atoms with E-state index >= 15 is 0 Å². The molecule has 5 heteroatoms. The van der Waals surface area contributed by atoms with Crippen LogP contribution in [-0.4, -0.2) is 0 Å². The summed E-state index contributed by atoms with van der Waals surface area (Å²) in [7, 11) is 0. The summed E-state index contributed by atoms with van der Waals surface area (Å²) in [5.74, 6) is -3.37. The number of aromatic nitrogens is 1. The third kappa shape index (κ3) is 1.71. The maximum atomic E-state index is 13.4. The fourth-order valence-corrected chi connectivity index (χ4v) is 1.39. The lowest BCUT2D eigenvalue weighted by Gasteiger charge is -2.05. The van der Waals surface area contributed by atoms with E-state index in [9.17, 15) is 18.4 Å². The van der Waals surface area contributed by atoms with Crippen molar-refractivity contribution >= 4 is 0 Å². The Bertz CT molecular complexity index is 543. The Balaban J connectivity index is 2.68. The number of pyridine rings is 1. The van der Waals surface area contributed by atoms with Crippen LogP contribution in [0.4, 0.5) is 13.2 Å². The molecule has 0 fully saturated rings. The summed E-state index contributed by atoms with van der Waals surface area (Å²) in [5, 5.41) is 10.9. The summed E-state index contributed by atoms with van der Waals surface area (Å²) < 4.78 is 40.0. The number of hydrogen-bond acceptors (Lipinski definition) is 1. The largest absolute Gasteiger partial charge is 0.619 e. The molecule has 0 aliphatic rings. The Morgan fingerprint density at radius 3 is 2.38 bits per heavy atom. The third-order valence-corrected chi connectivity index (χ3v) is 2.11. The minimum Gasteiger partial charge on any atom is -0.619 e. The second-order valence-electron chi connectivity index (χ2n) is 3.17. The first-order valence-electron chi connectivity index (χ1n) is 4.42. The Labute approximate surface area is 89.2 Å². The highest BCUT2D eigenvalue weighted by Crippen LogP contribution is 2.26. The van der Waals surface area contributed by atoms with Crippen molar-refractivity contribution in [2.24, 2.45) is 0 Å². The van der Waals surface area contributed by atoms with Crippen LogP contribution in [0.2, 0.25) is 0 Å². The molecule has 1 aromatic heterocycles. The van der Waals surface area contributed by atoms with Crippen LogP contribution in [0.5, 0.6) is 0 Å². The van der Waals surface area contributed by atoms with Crippen molar-refractivity contribution in [2.75, 3.05) is 0 Å². The van der Waals surface area contributed by atoms with E-state index in [0.717, 1.165) is 12.3 Å². The zero-order chi connectivity index (χ0) is 11.7. The molecular weight excluding hydrogens is 219 g/mol. The van der Waals surface area contributed by atoms with Crippen molar-refractivity contribution in [3.05, 3.63) is 59.3 Å². The third-order valence-electron chi connectivity index (χ3n) is 2.11. The van der Waals surface area contributed by atoms with E-state index in [1.165, 1.54) is 18.3 Å². The zero-order valence-corrected chi connectivity index (χ0v) is 7.95. The van der Waals surface area contributed by atoms with E-state index in [1.807, 2.05) is 0 Å². The maximum Gasteiger partial charge on any atom is 0.188 e. The molecule has 82 valence electrons. The second-order valence-corrected chi connectivity index (χ2v) is 3.17. The molecule has 1 heterocycles. The van der Waals surface area contributed by atoms with E-state index < -0.39 is 23.0 Å². The predicted molar refractivity (Wildman–Crippen MR) is 50.7 cm³/mol. The van der Waals surface area contributed by atoms with Gasteiger partial charge in [0.15, 0.2) is 24.0 Å². The molecule has 2 aromatic rings. The molecule has 0 atom stereocenters. The fourth-order valence-electron chi connectivity index (χ4n) is 1.39. The van der Waals surface area contributed by atoms with E-state index in [-0.39, 0.29) is 5.56 Å². The first kappa shape index (κ1) is 10.5. The predicted octanol–water partition coefficient (Wildman–Crippen LogP) is 2.40. The molecular formula is C11H6F3NO. The molecule has 0 unspecified atom stereocenters. The van der Waals surface area contributed by atoms with Gasteiger partial charge < -0.3 is 5.21 Å². The van der Waals surface area contributed by atoms with E-state index in [0.29, 0.717) is 10.8 Å². The van der Waals surface area contributed by atoms with Crippen molar-refractivity contribution in [2.45, 2.75) is 0 Å². The van der Waals surface area contributed by atoms with E-state index in [1.54, 1.807) is 0 Å². The zero-order valence-electron chi connectivity index (χ0n) is 7.95. The summed E-state index contributed by atoms with van der Waals surface area (Å²) in [5.41, 5.74) is -0.544. The summed E-state index contributed by atoms with van der Waals surface area (Å²) in [6.45, 7) is 0. The van der Waals surface area contributed by atoms with E-state index in [4.69, 9.17) is 0 Å². The highest BCUT2D eigenvalue weighted by atomic mass is 19.2. The van der Waals surface area contributed by atoms with Crippen molar-refractivity contribution in [3.8, 4) is 11.1 Å². The van der Waals surface area contributed by atoms with Crippen LogP contribution in [0.25, 0.3) is 11.1 Å². The molecule has 1 aromatic carbocycles. The topological polar surface area (TPSA) is 26.9 Å². The molecule has 0 N–H and O–H groups in total. The maximum absolute atomic E-state index is 13.4. The van der Waals surface area contributed by atoms with Crippen molar-refractivity contribution in [1.29, 1.82) is 0 Å². The van der Waals surface area contributed by atoms with Crippen LogP contribution < -0.4 is 4.73 Å². The number of nitrogens with zero attached hydrogens (tertiary/aromatic N) is 1. The molecule has 0 radical (unpaired) electrons. The lowest BCUT2D eigenvalue weighted by atomic mass is 10.1. The van der Waals surface area contributed by atoms with Gasteiger partial charge in [-0.25, -0.2) is 13.2 Å². The van der Waals surface area contributed by atoms with Gasteiger partial charge in [0.2, 0.25) is 0 Å². The molecule has 0 amide bonds. The summed E-state index contributed by atoms with van der Waals surface area (Å²) in [6.07, 6.45) is 2.14. The van der Waals surface area contributed by atoms with Gasteiger partial charge in [-0.2, -0.15) is 4.73 Å². The summed E-state index contributed by atoms with van der Waals surface area (Å²) in [6, 6.07) is 4.17. The minimum absolute atomic E-state index is 0.00741. The lowest BCUT2D eigenvalue weighted by molar-refractivity contribution is -0.604. The standard InChI is InChI=1S/C11H6F3NO/c12-8-3-4-9(13)11(14)10(8)7-2-1-5-15(16)6-7/h1-6H. The van der Waals surface area contributed by atoms with Gasteiger partial charge in [0.25, 0.3) is 0 Å². The molecule has 0 bridgehead atoms. The van der Waals surface area contributed by atoms with Gasteiger partial charge in [-0.15, -0.1) is 0 Å². The summed E-state index contributed by atoms with van der Waals surface area (Å²) in [4.78, 5) is 0. The smallest absolute Gasteiger partial charge is 0.188 e. The van der Waals surface area contributed by atoms with Gasteiger partial charge in [0.1, 0.15) is 5.82 Å². The first-order valence-corrected chi connectivity index (χ1v) is 4.42. The van der Waals surface area contributed by atoms with Crippen molar-refractivity contribution in [3.63, 3.8) is 0 Å². The molecule has 2 nitrogen and oxygen atoms in total. The van der Waals surface area contributed by atoms with Crippen molar-refractivity contribution < 1.29 is 17.9 Å². The van der Waals surface area contributed by atoms with Crippen LogP contribution in [-0.2, 0) is 0 Å². The van der Waals surface area contributed by atoms with Gasteiger partial charge >= 0.3 is 0 Å². The molecule has 0 aliphatic carbocycles. The van der Waals surface area contributed by atoms with Gasteiger partial charge in [0, 0.05) is 6.07 Å². The van der Waals surface area contributed by atoms with Crippen LogP contribution in [0.3, 0.4) is 0 Å². The average molecular weight is 225 g/mol. The Morgan fingerprint density at radius 1 is 1.00 bits per heavy atom. The molecule has 0 spiro atoms. The molecule has 0 saturated carbocycles. The quantitative estimate of drug-likeness (QED) is 0.416. The number of rotatable bonds is 1. The minimum atomic E-state index is -1.30. The van der Waals surface area contributed by atoms with Gasteiger partial charge in [-0.1, -0.05) is 0 Å².